The maximum absolute atomic E-state index is 12.2. The summed E-state index contributed by atoms with van der Waals surface area (Å²) < 4.78 is 3.11. The molecule has 8 nitrogen and oxygen atoms in total. The second-order valence-electron chi connectivity index (χ2n) is 5.41. The van der Waals surface area contributed by atoms with E-state index in [4.69, 9.17) is 17.3 Å². The van der Waals surface area contributed by atoms with Gasteiger partial charge in [-0.1, -0.05) is 24.9 Å². The van der Waals surface area contributed by atoms with Crippen LogP contribution in [0.25, 0.3) is 0 Å². The van der Waals surface area contributed by atoms with Crippen molar-refractivity contribution in [2.45, 2.75) is 32.9 Å². The van der Waals surface area contributed by atoms with E-state index in [0.717, 1.165) is 12.8 Å². The van der Waals surface area contributed by atoms with E-state index < -0.39 is 11.2 Å². The molecule has 2 aromatic rings. The Kier molecular flexibility index (Phi) is 5.15. The zero-order valence-electron chi connectivity index (χ0n) is 13.5. The third kappa shape index (κ3) is 3.42. The largest absolute Gasteiger partial charge is 0.383 e. The van der Waals surface area contributed by atoms with Crippen molar-refractivity contribution < 1.29 is 0 Å². The van der Waals surface area contributed by atoms with Gasteiger partial charge in [0.15, 0.2) is 0 Å². The molecule has 0 radical (unpaired) electrons. The first kappa shape index (κ1) is 17.1. The van der Waals surface area contributed by atoms with Gasteiger partial charge in [-0.25, -0.2) is 9.78 Å². The number of nitrogens with zero attached hydrogens (tertiary/aromatic N) is 4. The first-order valence-corrected chi connectivity index (χ1v) is 7.74. The molecule has 126 valence electrons. The number of hydrogen-bond donors (Lipinski definition) is 2. The molecule has 0 bridgehead atoms. The number of nitrogens with two attached hydrogens (primary N) is 1. The lowest BCUT2D eigenvalue weighted by atomic mass is 10.3. The lowest BCUT2D eigenvalue weighted by Gasteiger charge is -2.21. The van der Waals surface area contributed by atoms with Gasteiger partial charge in [-0.15, -0.1) is 0 Å². The molecular weight excluding hydrogens is 320 g/mol. The average Bonchev–Trinajstić information content (AvgIpc) is 2.78. The highest BCUT2D eigenvalue weighted by molar-refractivity contribution is 6.29. The molecule has 0 aliphatic rings. The molecule has 0 aromatic carbocycles. The highest BCUT2D eigenvalue weighted by Crippen LogP contribution is 2.18. The first-order valence-electron chi connectivity index (χ1n) is 7.36. The molecule has 23 heavy (non-hydrogen) atoms. The number of aromatic nitrogens is 4. The standard InChI is InChI=1S/C14H21ClN6O2/c1-4-5-6-21-12(16)11(13(22)18-14(21)23)19(2)8-10-17-7-9(15)20(10)3/h7H,4-6,8,16H2,1-3H3,(H,18,22,23). The molecule has 2 aromatic heterocycles. The third-order valence-electron chi connectivity index (χ3n) is 3.74. The van der Waals surface area contributed by atoms with Crippen molar-refractivity contribution >= 4 is 23.1 Å². The zero-order chi connectivity index (χ0) is 17.1. The molecule has 0 fully saturated rings. The number of nitrogen functional groups attached to an aromatic ring is 1. The van der Waals surface area contributed by atoms with Crippen LogP contribution < -0.4 is 21.9 Å². The number of unbranched alkanes of at least 4 members (excludes halogenated alkanes) is 1. The summed E-state index contributed by atoms with van der Waals surface area (Å²) in [6, 6.07) is 0. The molecule has 0 spiro atoms. The van der Waals surface area contributed by atoms with Crippen LogP contribution in [0.2, 0.25) is 5.15 Å². The van der Waals surface area contributed by atoms with Crippen LogP contribution in [0, 0.1) is 0 Å². The normalized spacial score (nSPS) is 11.0. The van der Waals surface area contributed by atoms with Crippen LogP contribution in [0.3, 0.4) is 0 Å². The zero-order valence-corrected chi connectivity index (χ0v) is 14.2. The molecule has 0 saturated carbocycles. The summed E-state index contributed by atoms with van der Waals surface area (Å²) in [7, 11) is 3.51. The Balaban J connectivity index is 2.39. The number of imidazole rings is 1. The number of H-pyrrole nitrogens is 1. The van der Waals surface area contributed by atoms with Gasteiger partial charge in [0.25, 0.3) is 5.56 Å². The molecule has 9 heteroatoms. The number of rotatable bonds is 6. The monoisotopic (exact) mass is 340 g/mol. The highest BCUT2D eigenvalue weighted by atomic mass is 35.5. The molecular formula is C14H21ClN6O2. The lowest BCUT2D eigenvalue weighted by molar-refractivity contribution is 0.603. The maximum atomic E-state index is 12.2. The number of anilines is 2. The van der Waals surface area contributed by atoms with E-state index in [2.05, 4.69) is 9.97 Å². The van der Waals surface area contributed by atoms with E-state index in [-0.39, 0.29) is 11.5 Å². The van der Waals surface area contributed by atoms with E-state index >= 15 is 0 Å². The number of hydrogen-bond acceptors (Lipinski definition) is 5. The van der Waals surface area contributed by atoms with Crippen LogP contribution in [-0.4, -0.2) is 26.1 Å². The van der Waals surface area contributed by atoms with Crippen molar-refractivity contribution in [3.63, 3.8) is 0 Å². The molecule has 0 amide bonds. The predicted molar refractivity (Wildman–Crippen MR) is 91.0 cm³/mol. The van der Waals surface area contributed by atoms with E-state index in [0.29, 0.717) is 24.1 Å². The molecule has 2 rings (SSSR count). The Bertz CT molecular complexity index is 807. The Hall–Kier alpha value is -2.22. The smallest absolute Gasteiger partial charge is 0.330 e. The predicted octanol–water partition coefficient (Wildman–Crippen LogP) is 0.942. The Morgan fingerprint density at radius 3 is 2.70 bits per heavy atom. The molecule has 2 heterocycles. The summed E-state index contributed by atoms with van der Waals surface area (Å²) in [6.07, 6.45) is 3.26. The minimum Gasteiger partial charge on any atom is -0.383 e. The maximum Gasteiger partial charge on any atom is 0.330 e. The van der Waals surface area contributed by atoms with Crippen molar-refractivity contribution in [3.8, 4) is 0 Å². The molecule has 0 unspecified atom stereocenters. The Morgan fingerprint density at radius 2 is 2.13 bits per heavy atom. The second kappa shape index (κ2) is 6.91. The average molecular weight is 341 g/mol. The van der Waals surface area contributed by atoms with Crippen LogP contribution in [0.4, 0.5) is 11.5 Å². The first-order chi connectivity index (χ1) is 10.9. The van der Waals surface area contributed by atoms with Crippen LogP contribution >= 0.6 is 11.6 Å². The summed E-state index contributed by atoms with van der Waals surface area (Å²) in [5.41, 5.74) is 5.32. The SMILES string of the molecule is CCCCn1c(N)c(N(C)Cc2ncc(Cl)n2C)c(=O)[nH]c1=O. The lowest BCUT2D eigenvalue weighted by Crippen LogP contribution is -2.37. The third-order valence-corrected chi connectivity index (χ3v) is 4.09. The minimum atomic E-state index is -0.511. The van der Waals surface area contributed by atoms with Crippen molar-refractivity contribution in [1.29, 1.82) is 0 Å². The second-order valence-corrected chi connectivity index (χ2v) is 5.80. The van der Waals surface area contributed by atoms with E-state index in [9.17, 15) is 9.59 Å². The quantitative estimate of drug-likeness (QED) is 0.814. The topological polar surface area (TPSA) is 102 Å². The van der Waals surface area contributed by atoms with Gasteiger partial charge in [-0.2, -0.15) is 0 Å². The Morgan fingerprint density at radius 1 is 1.43 bits per heavy atom. The van der Waals surface area contributed by atoms with E-state index in [1.807, 2.05) is 6.92 Å². The summed E-state index contributed by atoms with van der Waals surface area (Å²) in [5.74, 6) is 0.845. The summed E-state index contributed by atoms with van der Waals surface area (Å²) >= 11 is 5.97. The fourth-order valence-electron chi connectivity index (χ4n) is 2.35. The molecule has 0 saturated heterocycles. The molecule has 3 N–H and O–H groups in total. The van der Waals surface area contributed by atoms with Crippen molar-refractivity contribution in [1.82, 2.24) is 19.1 Å². The molecule has 0 aliphatic carbocycles. The summed E-state index contributed by atoms with van der Waals surface area (Å²) in [5, 5.41) is 0.503. The van der Waals surface area contributed by atoms with E-state index in [1.165, 1.54) is 4.57 Å². The van der Waals surface area contributed by atoms with Gasteiger partial charge in [-0.3, -0.25) is 14.3 Å². The number of aromatic amines is 1. The fourth-order valence-corrected chi connectivity index (χ4v) is 2.49. The summed E-state index contributed by atoms with van der Waals surface area (Å²) in [6.45, 7) is 2.82. The fraction of sp³-hybridized carbons (Fsp3) is 0.500. The van der Waals surface area contributed by atoms with Gasteiger partial charge in [-0.05, 0) is 6.42 Å². The number of halogens is 1. The minimum absolute atomic E-state index is 0.162. The molecule has 0 atom stereocenters. The van der Waals surface area contributed by atoms with Crippen molar-refractivity contribution in [2.75, 3.05) is 17.7 Å². The van der Waals surface area contributed by atoms with Gasteiger partial charge in [0, 0.05) is 20.6 Å². The van der Waals surface area contributed by atoms with Gasteiger partial charge < -0.3 is 15.2 Å². The highest BCUT2D eigenvalue weighted by Gasteiger charge is 2.17. The van der Waals surface area contributed by atoms with Crippen LogP contribution in [0.1, 0.15) is 25.6 Å². The van der Waals surface area contributed by atoms with Gasteiger partial charge in [0.05, 0.1) is 12.7 Å². The van der Waals surface area contributed by atoms with Gasteiger partial charge >= 0.3 is 5.69 Å². The number of nitrogens with one attached hydrogen (secondary N) is 1. The molecule has 0 aliphatic heterocycles. The van der Waals surface area contributed by atoms with Gasteiger partial charge in [0.1, 0.15) is 22.5 Å². The van der Waals surface area contributed by atoms with Crippen LogP contribution in [0.5, 0.6) is 0 Å². The van der Waals surface area contributed by atoms with Gasteiger partial charge in [0.2, 0.25) is 0 Å². The van der Waals surface area contributed by atoms with Crippen molar-refractivity contribution in [3.05, 3.63) is 38.0 Å². The van der Waals surface area contributed by atoms with E-state index in [1.54, 1.807) is 29.8 Å². The van der Waals surface area contributed by atoms with Crippen LogP contribution in [-0.2, 0) is 20.1 Å². The Labute approximate surface area is 138 Å². The summed E-state index contributed by atoms with van der Waals surface area (Å²) in [4.78, 5) is 32.3. The van der Waals surface area contributed by atoms with Crippen molar-refractivity contribution in [2.24, 2.45) is 7.05 Å². The van der Waals surface area contributed by atoms with Crippen LogP contribution in [0.15, 0.2) is 15.8 Å².